The first-order valence-corrected chi connectivity index (χ1v) is 4.50. The topological polar surface area (TPSA) is 20.2 Å². The van der Waals surface area contributed by atoms with E-state index in [1.54, 1.807) is 0 Å². The van der Waals surface area contributed by atoms with E-state index in [1.807, 2.05) is 0 Å². The van der Waals surface area contributed by atoms with Gasteiger partial charge in [0.05, 0.1) is 0 Å². The molecule has 54 valence electrons. The highest BCUT2D eigenvalue weighted by atomic mass is 16.3. The fourth-order valence-corrected chi connectivity index (χ4v) is 4.14. The maximum atomic E-state index is 9.15. The summed E-state index contributed by atoms with van der Waals surface area (Å²) in [5, 5.41) is 9.15. The molecule has 10 heavy (non-hydrogen) atoms. The van der Waals surface area contributed by atoms with E-state index >= 15 is 0 Å². The van der Waals surface area contributed by atoms with Crippen LogP contribution in [0.2, 0.25) is 0 Å². The van der Waals surface area contributed by atoms with Crippen LogP contribution in [-0.4, -0.2) is 11.7 Å². The molecule has 1 heteroatoms. The van der Waals surface area contributed by atoms with Crippen LogP contribution in [0.3, 0.4) is 0 Å². The SMILES string of the molecule is OC[C@]12[C@@H]3[C@H]4C[C@H]4C[C@H]1[C@@H]32. The van der Waals surface area contributed by atoms with Gasteiger partial charge in [-0.25, -0.2) is 0 Å². The van der Waals surface area contributed by atoms with E-state index in [4.69, 9.17) is 5.11 Å². The summed E-state index contributed by atoms with van der Waals surface area (Å²) in [7, 11) is 0. The van der Waals surface area contributed by atoms with Gasteiger partial charge in [0.25, 0.3) is 0 Å². The van der Waals surface area contributed by atoms with E-state index in [9.17, 15) is 0 Å². The average molecular weight is 136 g/mol. The molecule has 5 saturated carbocycles. The Morgan fingerprint density at radius 2 is 2.20 bits per heavy atom. The molecule has 0 spiro atoms. The summed E-state index contributed by atoms with van der Waals surface area (Å²) in [6, 6.07) is 0. The molecule has 6 atom stereocenters. The maximum Gasteiger partial charge on any atom is 0.0495 e. The van der Waals surface area contributed by atoms with Crippen LogP contribution in [0.25, 0.3) is 0 Å². The second-order valence-corrected chi connectivity index (χ2v) is 4.82. The summed E-state index contributed by atoms with van der Waals surface area (Å²) in [5.41, 5.74) is 0.539. The van der Waals surface area contributed by atoms with Crippen molar-refractivity contribution in [2.75, 3.05) is 6.61 Å². The minimum absolute atomic E-state index is 0.510. The summed E-state index contributed by atoms with van der Waals surface area (Å²) in [6.07, 6.45) is 2.99. The van der Waals surface area contributed by atoms with Crippen LogP contribution >= 0.6 is 0 Å². The fraction of sp³-hybridized carbons (Fsp3) is 1.00. The molecule has 0 heterocycles. The Labute approximate surface area is 60.4 Å². The van der Waals surface area contributed by atoms with Crippen LogP contribution in [0.15, 0.2) is 0 Å². The van der Waals surface area contributed by atoms with Gasteiger partial charge in [-0.15, -0.1) is 0 Å². The second-order valence-electron chi connectivity index (χ2n) is 4.82. The van der Waals surface area contributed by atoms with Gasteiger partial charge in [0.15, 0.2) is 0 Å². The molecule has 5 rings (SSSR count). The molecule has 1 nitrogen and oxygen atoms in total. The molecular weight excluding hydrogens is 124 g/mol. The molecule has 2 bridgehead atoms. The first-order valence-electron chi connectivity index (χ1n) is 4.50. The predicted molar refractivity (Wildman–Crippen MR) is 36.2 cm³/mol. The van der Waals surface area contributed by atoms with Crippen LogP contribution < -0.4 is 0 Å². The van der Waals surface area contributed by atoms with E-state index in [0.29, 0.717) is 12.0 Å². The highest BCUT2D eigenvalue weighted by Crippen LogP contribution is 2.94. The third kappa shape index (κ3) is 0.254. The Kier molecular flexibility index (Phi) is 0.471. The summed E-state index contributed by atoms with van der Waals surface area (Å²) in [4.78, 5) is 0. The van der Waals surface area contributed by atoms with Crippen LogP contribution in [0.1, 0.15) is 12.8 Å². The van der Waals surface area contributed by atoms with E-state index in [1.165, 1.54) is 12.8 Å². The van der Waals surface area contributed by atoms with Crippen molar-refractivity contribution < 1.29 is 5.11 Å². The van der Waals surface area contributed by atoms with Gasteiger partial charge in [-0.3, -0.25) is 0 Å². The van der Waals surface area contributed by atoms with Crippen LogP contribution in [0.5, 0.6) is 0 Å². The van der Waals surface area contributed by atoms with Gasteiger partial charge < -0.3 is 5.11 Å². The largest absolute Gasteiger partial charge is 0.396 e. The van der Waals surface area contributed by atoms with Gasteiger partial charge in [-0.2, -0.15) is 0 Å². The van der Waals surface area contributed by atoms with Gasteiger partial charge in [0, 0.05) is 12.0 Å². The molecule has 0 aromatic carbocycles. The summed E-state index contributed by atoms with van der Waals surface area (Å²) in [6.45, 7) is 0.510. The fourth-order valence-electron chi connectivity index (χ4n) is 4.14. The third-order valence-corrected chi connectivity index (χ3v) is 4.80. The van der Waals surface area contributed by atoms with Gasteiger partial charge >= 0.3 is 0 Å². The van der Waals surface area contributed by atoms with E-state index in [2.05, 4.69) is 0 Å². The van der Waals surface area contributed by atoms with Gasteiger partial charge in [-0.05, 0) is 42.4 Å². The summed E-state index contributed by atoms with van der Waals surface area (Å²) >= 11 is 0. The lowest BCUT2D eigenvalue weighted by Gasteiger charge is -2.22. The van der Waals surface area contributed by atoms with Gasteiger partial charge in [-0.1, -0.05) is 0 Å². The van der Waals surface area contributed by atoms with Crippen LogP contribution in [0, 0.1) is 35.0 Å². The number of aliphatic hydroxyl groups is 1. The van der Waals surface area contributed by atoms with Gasteiger partial charge in [0.1, 0.15) is 0 Å². The van der Waals surface area contributed by atoms with E-state index in [-0.39, 0.29) is 0 Å². The number of rotatable bonds is 1. The highest BCUT2D eigenvalue weighted by Gasteiger charge is 2.91. The number of aliphatic hydroxyl groups excluding tert-OH is 1. The Bertz CT molecular complexity index is 219. The van der Waals surface area contributed by atoms with Crippen molar-refractivity contribution in [1.29, 1.82) is 0 Å². The first-order chi connectivity index (χ1) is 4.89. The van der Waals surface area contributed by atoms with E-state index < -0.39 is 0 Å². The van der Waals surface area contributed by atoms with Crippen molar-refractivity contribution >= 4 is 0 Å². The lowest BCUT2D eigenvalue weighted by atomic mass is 9.83. The molecule has 1 N–H and O–H groups in total. The molecule has 5 aliphatic carbocycles. The van der Waals surface area contributed by atoms with Crippen molar-refractivity contribution in [1.82, 2.24) is 0 Å². The number of hydrogen-bond donors (Lipinski definition) is 1. The molecule has 5 fully saturated rings. The van der Waals surface area contributed by atoms with Crippen molar-refractivity contribution in [3.05, 3.63) is 0 Å². The normalized spacial score (nSPS) is 79.5. The molecule has 0 saturated heterocycles. The molecule has 0 aromatic rings. The van der Waals surface area contributed by atoms with Crippen molar-refractivity contribution in [3.63, 3.8) is 0 Å². The van der Waals surface area contributed by atoms with Crippen molar-refractivity contribution in [2.24, 2.45) is 35.0 Å². The summed E-state index contributed by atoms with van der Waals surface area (Å²) in [5.74, 6) is 5.23. The Morgan fingerprint density at radius 3 is 2.80 bits per heavy atom. The first kappa shape index (κ1) is 4.76. The Hall–Kier alpha value is -0.0400. The zero-order valence-electron chi connectivity index (χ0n) is 5.96. The monoisotopic (exact) mass is 136 g/mol. The lowest BCUT2D eigenvalue weighted by molar-refractivity contribution is 0.161. The minimum atomic E-state index is 0.510. The quantitative estimate of drug-likeness (QED) is 0.567. The Morgan fingerprint density at radius 1 is 1.30 bits per heavy atom. The summed E-state index contributed by atoms with van der Waals surface area (Å²) < 4.78 is 0. The molecule has 0 amide bonds. The maximum absolute atomic E-state index is 9.15. The molecule has 0 unspecified atom stereocenters. The lowest BCUT2D eigenvalue weighted by Crippen LogP contribution is -2.20. The predicted octanol–water partition coefficient (Wildman–Crippen LogP) is 0.881. The zero-order valence-corrected chi connectivity index (χ0v) is 5.96. The smallest absolute Gasteiger partial charge is 0.0495 e. The van der Waals surface area contributed by atoms with Crippen LogP contribution in [0.4, 0.5) is 0 Å². The van der Waals surface area contributed by atoms with Crippen molar-refractivity contribution in [2.45, 2.75) is 12.8 Å². The molecule has 5 aliphatic rings. The van der Waals surface area contributed by atoms with Gasteiger partial charge in [0.2, 0.25) is 0 Å². The number of hydrogen-bond acceptors (Lipinski definition) is 1. The minimum Gasteiger partial charge on any atom is -0.396 e. The highest BCUT2D eigenvalue weighted by molar-refractivity contribution is 5.38. The zero-order chi connectivity index (χ0) is 6.51. The second kappa shape index (κ2) is 0.989. The third-order valence-electron chi connectivity index (χ3n) is 4.80. The molecule has 0 aromatic heterocycles. The van der Waals surface area contributed by atoms with E-state index in [0.717, 1.165) is 29.6 Å². The average Bonchev–Trinajstić information content (AvgIpc) is 2.84. The molecule has 0 aliphatic heterocycles. The van der Waals surface area contributed by atoms with Crippen molar-refractivity contribution in [3.8, 4) is 0 Å². The molecular formula is C9H12O. The Balaban J connectivity index is 1.76. The van der Waals surface area contributed by atoms with Crippen LogP contribution in [-0.2, 0) is 0 Å². The standard InChI is InChI=1S/C9H12O/c10-3-9-6-2-4-1-5(4)7(9)8(6)9/h4-8,10H,1-3H2/t4-,5-,6-,7+,8-,9+/m0/s1. The molecule has 0 radical (unpaired) electrons.